The van der Waals surface area contributed by atoms with Crippen LogP contribution in [0.2, 0.25) is 0 Å². The van der Waals surface area contributed by atoms with Gasteiger partial charge in [0.2, 0.25) is 0 Å². The SMILES string of the molecule is FC(F)(F)COc1cccc(CN2CCC(N3CCNCC3)C2)c1. The van der Waals surface area contributed by atoms with Crippen LogP contribution in [0.3, 0.4) is 0 Å². The Morgan fingerprint density at radius 1 is 1.17 bits per heavy atom. The highest BCUT2D eigenvalue weighted by Gasteiger charge is 2.29. The number of nitrogens with one attached hydrogen (secondary N) is 1. The monoisotopic (exact) mass is 343 g/mol. The molecule has 1 aromatic rings. The molecule has 0 spiro atoms. The molecule has 7 heteroatoms. The zero-order valence-electron chi connectivity index (χ0n) is 13.7. The molecule has 2 fully saturated rings. The first kappa shape index (κ1) is 17.5. The highest BCUT2D eigenvalue weighted by atomic mass is 19.4. The fraction of sp³-hybridized carbons (Fsp3) is 0.647. The minimum atomic E-state index is -4.30. The number of piperazine rings is 1. The molecule has 2 heterocycles. The molecule has 2 aliphatic rings. The Balaban J connectivity index is 1.51. The van der Waals surface area contributed by atoms with Gasteiger partial charge in [0.15, 0.2) is 6.61 Å². The summed E-state index contributed by atoms with van der Waals surface area (Å²) >= 11 is 0. The molecule has 1 N–H and O–H groups in total. The molecule has 4 nitrogen and oxygen atoms in total. The zero-order chi connectivity index (χ0) is 17.0. The fourth-order valence-electron chi connectivity index (χ4n) is 3.46. The second-order valence-electron chi connectivity index (χ2n) is 6.51. The molecule has 2 saturated heterocycles. The van der Waals surface area contributed by atoms with Gasteiger partial charge in [-0.25, -0.2) is 0 Å². The van der Waals surface area contributed by atoms with Crippen LogP contribution in [0.15, 0.2) is 24.3 Å². The Labute approximate surface area is 140 Å². The molecule has 0 amide bonds. The van der Waals surface area contributed by atoms with Gasteiger partial charge < -0.3 is 10.1 Å². The topological polar surface area (TPSA) is 27.7 Å². The number of hydrogen-bond acceptors (Lipinski definition) is 4. The lowest BCUT2D eigenvalue weighted by Gasteiger charge is -2.32. The molecule has 0 bridgehead atoms. The van der Waals surface area contributed by atoms with Gasteiger partial charge in [-0.05, 0) is 24.1 Å². The molecular weight excluding hydrogens is 319 g/mol. The molecule has 1 aromatic carbocycles. The van der Waals surface area contributed by atoms with Crippen LogP contribution in [0.4, 0.5) is 13.2 Å². The maximum atomic E-state index is 12.2. The molecule has 3 rings (SSSR count). The van der Waals surface area contributed by atoms with Gasteiger partial charge in [-0.2, -0.15) is 13.2 Å². The number of rotatable bonds is 5. The fourth-order valence-corrected chi connectivity index (χ4v) is 3.46. The van der Waals surface area contributed by atoms with E-state index in [0.717, 1.165) is 57.8 Å². The first-order valence-corrected chi connectivity index (χ1v) is 8.45. The second kappa shape index (κ2) is 7.72. The Kier molecular flexibility index (Phi) is 5.63. The summed E-state index contributed by atoms with van der Waals surface area (Å²) < 4.78 is 41.6. The number of likely N-dealkylation sites (tertiary alicyclic amines) is 1. The minimum Gasteiger partial charge on any atom is -0.484 e. The Morgan fingerprint density at radius 3 is 2.71 bits per heavy atom. The summed E-state index contributed by atoms with van der Waals surface area (Å²) in [5, 5.41) is 3.37. The second-order valence-corrected chi connectivity index (χ2v) is 6.51. The average Bonchev–Trinajstić information content (AvgIpc) is 3.02. The number of hydrogen-bond donors (Lipinski definition) is 1. The largest absolute Gasteiger partial charge is 0.484 e. The van der Waals surface area contributed by atoms with Crippen LogP contribution in [-0.4, -0.2) is 67.9 Å². The van der Waals surface area contributed by atoms with Gasteiger partial charge in [-0.3, -0.25) is 9.80 Å². The Hall–Kier alpha value is -1.31. The van der Waals surface area contributed by atoms with Gasteiger partial charge in [0.05, 0.1) is 0 Å². The van der Waals surface area contributed by atoms with Crippen LogP contribution in [0.25, 0.3) is 0 Å². The van der Waals surface area contributed by atoms with Crippen molar-refractivity contribution in [3.8, 4) is 5.75 Å². The van der Waals surface area contributed by atoms with Gasteiger partial charge in [0.1, 0.15) is 5.75 Å². The number of benzene rings is 1. The maximum Gasteiger partial charge on any atom is 0.422 e. The van der Waals surface area contributed by atoms with E-state index >= 15 is 0 Å². The molecule has 24 heavy (non-hydrogen) atoms. The zero-order valence-corrected chi connectivity index (χ0v) is 13.7. The number of ether oxygens (including phenoxy) is 1. The minimum absolute atomic E-state index is 0.280. The van der Waals surface area contributed by atoms with Crippen molar-refractivity contribution in [3.63, 3.8) is 0 Å². The van der Waals surface area contributed by atoms with E-state index < -0.39 is 12.8 Å². The van der Waals surface area contributed by atoms with Crippen LogP contribution < -0.4 is 10.1 Å². The van der Waals surface area contributed by atoms with Crippen molar-refractivity contribution < 1.29 is 17.9 Å². The summed E-state index contributed by atoms with van der Waals surface area (Å²) in [5.41, 5.74) is 0.996. The van der Waals surface area contributed by atoms with Gasteiger partial charge in [-0.15, -0.1) is 0 Å². The molecule has 0 radical (unpaired) electrons. The van der Waals surface area contributed by atoms with Crippen LogP contribution in [0.5, 0.6) is 5.75 Å². The highest BCUT2D eigenvalue weighted by Crippen LogP contribution is 2.22. The standard InChI is InChI=1S/C17H24F3N3O/c18-17(19,20)13-24-16-3-1-2-14(10-16)11-22-7-4-15(12-22)23-8-5-21-6-9-23/h1-3,10,15,21H,4-9,11-13H2. The van der Waals surface area contributed by atoms with Gasteiger partial charge >= 0.3 is 6.18 Å². The molecule has 1 atom stereocenters. The number of halogens is 3. The number of nitrogens with zero attached hydrogens (tertiary/aromatic N) is 2. The van der Waals surface area contributed by atoms with E-state index in [2.05, 4.69) is 15.1 Å². The predicted octanol–water partition coefficient (Wildman–Crippen LogP) is 2.11. The summed E-state index contributed by atoms with van der Waals surface area (Å²) in [5.74, 6) is 0.280. The van der Waals surface area contributed by atoms with E-state index in [1.807, 2.05) is 6.07 Å². The molecule has 1 unspecified atom stereocenters. The van der Waals surface area contributed by atoms with E-state index in [1.54, 1.807) is 18.2 Å². The highest BCUT2D eigenvalue weighted by molar-refractivity contribution is 5.28. The van der Waals surface area contributed by atoms with Gasteiger partial charge in [0.25, 0.3) is 0 Å². The van der Waals surface area contributed by atoms with Crippen LogP contribution in [-0.2, 0) is 6.54 Å². The van der Waals surface area contributed by atoms with E-state index in [4.69, 9.17) is 4.74 Å². The third kappa shape index (κ3) is 5.09. The molecule has 0 saturated carbocycles. The van der Waals surface area contributed by atoms with E-state index in [9.17, 15) is 13.2 Å². The summed E-state index contributed by atoms with van der Waals surface area (Å²) in [6, 6.07) is 7.58. The van der Waals surface area contributed by atoms with Crippen molar-refractivity contribution in [2.75, 3.05) is 45.9 Å². The molecule has 134 valence electrons. The third-order valence-corrected chi connectivity index (χ3v) is 4.62. The van der Waals surface area contributed by atoms with Crippen molar-refractivity contribution in [2.45, 2.75) is 25.2 Å². The molecular formula is C17H24F3N3O. The van der Waals surface area contributed by atoms with Gasteiger partial charge in [0, 0.05) is 51.9 Å². The first-order valence-electron chi connectivity index (χ1n) is 8.45. The summed E-state index contributed by atoms with van der Waals surface area (Å²) in [6.07, 6.45) is -3.15. The van der Waals surface area contributed by atoms with Crippen molar-refractivity contribution in [2.24, 2.45) is 0 Å². The average molecular weight is 343 g/mol. The van der Waals surface area contributed by atoms with E-state index in [1.165, 1.54) is 0 Å². The molecule has 0 aromatic heterocycles. The van der Waals surface area contributed by atoms with E-state index in [0.29, 0.717) is 6.04 Å². The predicted molar refractivity (Wildman–Crippen MR) is 86.1 cm³/mol. The summed E-state index contributed by atoms with van der Waals surface area (Å²) in [6.45, 7) is 5.86. The lowest BCUT2D eigenvalue weighted by atomic mass is 10.2. The Morgan fingerprint density at radius 2 is 1.96 bits per heavy atom. The van der Waals surface area contributed by atoms with Crippen molar-refractivity contribution in [1.82, 2.24) is 15.1 Å². The van der Waals surface area contributed by atoms with Crippen molar-refractivity contribution >= 4 is 0 Å². The lowest BCUT2D eigenvalue weighted by Crippen LogP contribution is -2.49. The molecule has 2 aliphatic heterocycles. The summed E-state index contributed by atoms with van der Waals surface area (Å²) in [4.78, 5) is 4.91. The Bertz CT molecular complexity index is 532. The smallest absolute Gasteiger partial charge is 0.422 e. The van der Waals surface area contributed by atoms with Gasteiger partial charge in [-0.1, -0.05) is 12.1 Å². The third-order valence-electron chi connectivity index (χ3n) is 4.62. The van der Waals surface area contributed by atoms with Crippen LogP contribution >= 0.6 is 0 Å². The quantitative estimate of drug-likeness (QED) is 0.886. The summed E-state index contributed by atoms with van der Waals surface area (Å²) in [7, 11) is 0. The number of alkyl halides is 3. The lowest BCUT2D eigenvalue weighted by molar-refractivity contribution is -0.153. The normalized spacial score (nSPS) is 23.5. The van der Waals surface area contributed by atoms with Crippen LogP contribution in [0, 0.1) is 0 Å². The van der Waals surface area contributed by atoms with Crippen molar-refractivity contribution in [3.05, 3.63) is 29.8 Å². The van der Waals surface area contributed by atoms with E-state index in [-0.39, 0.29) is 5.75 Å². The molecule has 0 aliphatic carbocycles. The first-order chi connectivity index (χ1) is 11.5. The maximum absolute atomic E-state index is 12.2. The van der Waals surface area contributed by atoms with Crippen LogP contribution in [0.1, 0.15) is 12.0 Å². The van der Waals surface area contributed by atoms with Crippen molar-refractivity contribution in [1.29, 1.82) is 0 Å².